The van der Waals surface area contributed by atoms with Gasteiger partial charge in [0.05, 0.1) is 8.07 Å². The zero-order chi connectivity index (χ0) is 13.3. The molecule has 0 rings (SSSR count). The summed E-state index contributed by atoms with van der Waals surface area (Å²) in [6.45, 7) is 8.41. The van der Waals surface area contributed by atoms with Gasteiger partial charge >= 0.3 is 5.97 Å². The topological polar surface area (TPSA) is 37.3 Å². The first-order valence-corrected chi connectivity index (χ1v) is 9.64. The minimum absolute atomic E-state index is 0.561. The number of carboxylic acids is 1. The summed E-state index contributed by atoms with van der Waals surface area (Å²) in [5.41, 5.74) is 2.71. The largest absolute Gasteiger partial charge is 0.478 e. The molecule has 17 heavy (non-hydrogen) atoms. The van der Waals surface area contributed by atoms with Crippen LogP contribution in [0.25, 0.3) is 0 Å². The summed E-state index contributed by atoms with van der Waals surface area (Å²) >= 11 is 0. The first-order chi connectivity index (χ1) is 8.01. The standard InChI is InChI=1S/C14H28O2Si/c1-5-8-10-17(7-3,11-9-6-2)12-13(4)14(15)16/h12H,5-11H2,1-4H3,(H,15,16). The van der Waals surface area contributed by atoms with E-state index in [0.29, 0.717) is 5.57 Å². The van der Waals surface area contributed by atoms with Crippen LogP contribution in [0.1, 0.15) is 53.4 Å². The van der Waals surface area contributed by atoms with Gasteiger partial charge in [0.15, 0.2) is 0 Å². The highest BCUT2D eigenvalue weighted by Gasteiger charge is 2.28. The number of unbranched alkanes of at least 4 members (excludes halogenated alkanes) is 2. The maximum Gasteiger partial charge on any atom is 0.330 e. The molecule has 0 radical (unpaired) electrons. The van der Waals surface area contributed by atoms with Gasteiger partial charge in [0, 0.05) is 5.57 Å². The third kappa shape index (κ3) is 6.06. The normalized spacial score (nSPS) is 12.8. The van der Waals surface area contributed by atoms with Crippen molar-refractivity contribution < 1.29 is 9.90 Å². The Hall–Kier alpha value is -0.573. The fraction of sp³-hybridized carbons (Fsp3) is 0.786. The number of rotatable bonds is 9. The Balaban J connectivity index is 4.88. The van der Waals surface area contributed by atoms with Crippen molar-refractivity contribution in [3.05, 3.63) is 11.3 Å². The molecule has 0 aliphatic rings. The summed E-state index contributed by atoms with van der Waals surface area (Å²) in [6, 6.07) is 3.69. The maximum atomic E-state index is 11.0. The lowest BCUT2D eigenvalue weighted by molar-refractivity contribution is -0.132. The van der Waals surface area contributed by atoms with Crippen molar-refractivity contribution in [2.75, 3.05) is 0 Å². The highest BCUT2D eigenvalue weighted by molar-refractivity contribution is 6.84. The zero-order valence-electron chi connectivity index (χ0n) is 11.9. The molecule has 1 N–H and O–H groups in total. The average Bonchev–Trinajstić information content (AvgIpc) is 2.32. The quantitative estimate of drug-likeness (QED) is 0.482. The van der Waals surface area contributed by atoms with Crippen LogP contribution in [0.15, 0.2) is 11.3 Å². The second kappa shape index (κ2) is 8.51. The van der Waals surface area contributed by atoms with Crippen LogP contribution in [0.3, 0.4) is 0 Å². The third-order valence-electron chi connectivity index (χ3n) is 3.62. The van der Waals surface area contributed by atoms with Crippen molar-refractivity contribution >= 4 is 14.0 Å². The monoisotopic (exact) mass is 256 g/mol. The van der Waals surface area contributed by atoms with E-state index in [-0.39, 0.29) is 0 Å². The molecule has 0 bridgehead atoms. The van der Waals surface area contributed by atoms with Crippen LogP contribution in [0.2, 0.25) is 18.1 Å². The van der Waals surface area contributed by atoms with Crippen molar-refractivity contribution in [1.29, 1.82) is 0 Å². The molecule has 0 aliphatic carbocycles. The maximum absolute atomic E-state index is 11.0. The van der Waals surface area contributed by atoms with Gasteiger partial charge in [-0.25, -0.2) is 4.79 Å². The summed E-state index contributed by atoms with van der Waals surface area (Å²) in [5, 5.41) is 9.05. The predicted octanol–water partition coefficient (Wildman–Crippen LogP) is 4.63. The van der Waals surface area contributed by atoms with Gasteiger partial charge in [0.1, 0.15) is 0 Å². The van der Waals surface area contributed by atoms with E-state index in [4.69, 9.17) is 5.11 Å². The average molecular weight is 256 g/mol. The van der Waals surface area contributed by atoms with Gasteiger partial charge in [0.2, 0.25) is 0 Å². The molecule has 0 unspecified atom stereocenters. The first kappa shape index (κ1) is 16.4. The predicted molar refractivity (Wildman–Crippen MR) is 77.1 cm³/mol. The van der Waals surface area contributed by atoms with Gasteiger partial charge in [-0.05, 0) is 6.92 Å². The van der Waals surface area contributed by atoms with Crippen molar-refractivity contribution in [2.24, 2.45) is 0 Å². The van der Waals surface area contributed by atoms with E-state index in [2.05, 4.69) is 26.5 Å². The molecule has 0 aromatic heterocycles. The third-order valence-corrected chi connectivity index (χ3v) is 8.77. The molecule has 0 saturated carbocycles. The summed E-state index contributed by atoms with van der Waals surface area (Å²) in [7, 11) is -1.48. The Morgan fingerprint density at radius 2 is 1.59 bits per heavy atom. The Bertz CT molecular complexity index is 251. The Morgan fingerprint density at radius 3 is 1.88 bits per heavy atom. The fourth-order valence-electron chi connectivity index (χ4n) is 2.30. The van der Waals surface area contributed by atoms with E-state index >= 15 is 0 Å². The van der Waals surface area contributed by atoms with Crippen molar-refractivity contribution in [3.63, 3.8) is 0 Å². The molecule has 0 atom stereocenters. The van der Waals surface area contributed by atoms with Crippen LogP contribution in [0, 0.1) is 0 Å². The molecule has 100 valence electrons. The van der Waals surface area contributed by atoms with Crippen LogP contribution in [0.5, 0.6) is 0 Å². The smallest absolute Gasteiger partial charge is 0.330 e. The Morgan fingerprint density at radius 1 is 1.12 bits per heavy atom. The lowest BCUT2D eigenvalue weighted by atomic mass is 10.4. The SMILES string of the molecule is CCCC[Si](C=C(C)C(=O)O)(CC)CCCC. The van der Waals surface area contributed by atoms with Crippen LogP contribution in [0.4, 0.5) is 0 Å². The minimum Gasteiger partial charge on any atom is -0.478 e. The number of hydrogen-bond donors (Lipinski definition) is 1. The molecule has 0 fully saturated rings. The highest BCUT2D eigenvalue weighted by atomic mass is 28.3. The van der Waals surface area contributed by atoms with E-state index in [1.807, 2.05) is 0 Å². The van der Waals surface area contributed by atoms with Crippen molar-refractivity contribution in [1.82, 2.24) is 0 Å². The van der Waals surface area contributed by atoms with E-state index < -0.39 is 14.0 Å². The first-order valence-electron chi connectivity index (χ1n) is 6.94. The van der Waals surface area contributed by atoms with Crippen LogP contribution in [-0.4, -0.2) is 19.1 Å². The molecule has 0 aromatic carbocycles. The number of hydrogen-bond acceptors (Lipinski definition) is 1. The summed E-state index contributed by atoms with van der Waals surface area (Å²) in [6.07, 6.45) is 4.90. The fourth-order valence-corrected chi connectivity index (χ4v) is 6.91. The molecular formula is C14H28O2Si. The second-order valence-electron chi connectivity index (χ2n) is 5.06. The molecule has 0 heterocycles. The Kier molecular flexibility index (Phi) is 8.22. The molecule has 3 heteroatoms. The van der Waals surface area contributed by atoms with Gasteiger partial charge in [-0.3, -0.25) is 0 Å². The molecule has 0 aliphatic heterocycles. The van der Waals surface area contributed by atoms with Gasteiger partial charge in [-0.2, -0.15) is 0 Å². The molecule has 0 amide bonds. The highest BCUT2D eigenvalue weighted by Crippen LogP contribution is 2.28. The summed E-state index contributed by atoms with van der Waals surface area (Å²) in [4.78, 5) is 11.0. The van der Waals surface area contributed by atoms with E-state index in [9.17, 15) is 4.79 Å². The number of carbonyl (C=O) groups is 1. The molecule has 2 nitrogen and oxygen atoms in total. The van der Waals surface area contributed by atoms with E-state index in [1.54, 1.807) is 6.92 Å². The molecule has 0 spiro atoms. The van der Waals surface area contributed by atoms with Gasteiger partial charge in [0.25, 0.3) is 0 Å². The van der Waals surface area contributed by atoms with Crippen LogP contribution < -0.4 is 0 Å². The van der Waals surface area contributed by atoms with Crippen molar-refractivity contribution in [3.8, 4) is 0 Å². The van der Waals surface area contributed by atoms with Crippen molar-refractivity contribution in [2.45, 2.75) is 71.5 Å². The number of carboxylic acid groups (broad SMARTS) is 1. The molecular weight excluding hydrogens is 228 g/mol. The van der Waals surface area contributed by atoms with Crippen LogP contribution in [-0.2, 0) is 4.79 Å². The molecule has 0 aromatic rings. The van der Waals surface area contributed by atoms with Crippen LogP contribution >= 0.6 is 0 Å². The van der Waals surface area contributed by atoms with E-state index in [1.165, 1.54) is 43.8 Å². The summed E-state index contributed by atoms with van der Waals surface area (Å²) < 4.78 is 0. The summed E-state index contributed by atoms with van der Waals surface area (Å²) in [5.74, 6) is -0.747. The van der Waals surface area contributed by atoms with Gasteiger partial charge in [-0.15, -0.1) is 0 Å². The second-order valence-corrected chi connectivity index (χ2v) is 9.78. The van der Waals surface area contributed by atoms with Gasteiger partial charge < -0.3 is 5.11 Å². The lowest BCUT2D eigenvalue weighted by Gasteiger charge is -2.28. The Labute approximate surface area is 107 Å². The zero-order valence-corrected chi connectivity index (χ0v) is 12.9. The molecule has 0 saturated heterocycles. The minimum atomic E-state index is -1.48. The van der Waals surface area contributed by atoms with Gasteiger partial charge in [-0.1, -0.05) is 70.3 Å². The number of aliphatic carboxylic acids is 1. The van der Waals surface area contributed by atoms with E-state index in [0.717, 1.165) is 0 Å². The lowest BCUT2D eigenvalue weighted by Crippen LogP contribution is -2.32.